The summed E-state index contributed by atoms with van der Waals surface area (Å²) >= 11 is 0. The zero-order valence-corrected chi connectivity index (χ0v) is 19.0. The summed E-state index contributed by atoms with van der Waals surface area (Å²) in [5.74, 6) is 0.727. The highest BCUT2D eigenvalue weighted by Crippen LogP contribution is 2.10. The van der Waals surface area contributed by atoms with E-state index in [0.29, 0.717) is 6.54 Å². The summed E-state index contributed by atoms with van der Waals surface area (Å²) in [7, 11) is -0.0166. The molecule has 2 rings (SSSR count). The maximum atomic E-state index is 11.5. The predicted molar refractivity (Wildman–Crippen MR) is 121 cm³/mol. The number of nitrogens with one attached hydrogen (secondary N) is 1. The van der Waals surface area contributed by atoms with Crippen molar-refractivity contribution in [3.05, 3.63) is 65.2 Å². The minimum atomic E-state index is -3.70. The standard InChI is InChI=1S/C19H26N4O2S.HI/c1-4-15-8-10-16(11-9-15)14-23(3)19(21-2)22-13-17-6-5-7-18(12-17)26(20,24)25;/h5-12H,4,13-14H2,1-3H3,(H,21,22)(H2,20,24,25);1H. The molecule has 0 saturated carbocycles. The lowest BCUT2D eigenvalue weighted by atomic mass is 10.1. The topological polar surface area (TPSA) is 87.8 Å². The number of hydrogen-bond donors (Lipinski definition) is 2. The summed E-state index contributed by atoms with van der Waals surface area (Å²) < 4.78 is 22.9. The van der Waals surface area contributed by atoms with Crippen LogP contribution in [0.25, 0.3) is 0 Å². The van der Waals surface area contributed by atoms with Crippen molar-refractivity contribution in [3.8, 4) is 0 Å². The Morgan fingerprint density at radius 1 is 1.11 bits per heavy atom. The van der Waals surface area contributed by atoms with E-state index in [1.54, 1.807) is 19.2 Å². The molecule has 2 aromatic carbocycles. The Balaban J connectivity index is 0.00000364. The van der Waals surface area contributed by atoms with E-state index in [9.17, 15) is 8.42 Å². The van der Waals surface area contributed by atoms with Gasteiger partial charge in [0.1, 0.15) is 0 Å². The van der Waals surface area contributed by atoms with E-state index in [0.717, 1.165) is 24.5 Å². The Morgan fingerprint density at radius 2 is 1.74 bits per heavy atom. The minimum Gasteiger partial charge on any atom is -0.352 e. The SMILES string of the molecule is CCc1ccc(CN(C)C(=NC)NCc2cccc(S(N)(=O)=O)c2)cc1.I. The van der Waals surface area contributed by atoms with E-state index >= 15 is 0 Å². The first kappa shape index (κ1) is 23.4. The molecule has 8 heteroatoms. The number of guanidine groups is 1. The van der Waals surface area contributed by atoms with E-state index in [2.05, 4.69) is 41.5 Å². The minimum absolute atomic E-state index is 0. The molecule has 0 spiro atoms. The van der Waals surface area contributed by atoms with Crippen LogP contribution in [0, 0.1) is 0 Å². The molecule has 0 amide bonds. The average molecular weight is 502 g/mol. The number of aliphatic imine (C=N–C) groups is 1. The van der Waals surface area contributed by atoms with Crippen molar-refractivity contribution in [3.63, 3.8) is 0 Å². The highest BCUT2D eigenvalue weighted by atomic mass is 127. The van der Waals surface area contributed by atoms with Crippen molar-refractivity contribution in [1.29, 1.82) is 0 Å². The van der Waals surface area contributed by atoms with Gasteiger partial charge >= 0.3 is 0 Å². The Bertz CT molecular complexity index is 868. The predicted octanol–water partition coefficient (Wildman–Crippen LogP) is 2.72. The molecule has 3 N–H and O–H groups in total. The van der Waals surface area contributed by atoms with Gasteiger partial charge in [0.25, 0.3) is 0 Å². The van der Waals surface area contributed by atoms with Gasteiger partial charge in [0.15, 0.2) is 5.96 Å². The van der Waals surface area contributed by atoms with Gasteiger partial charge < -0.3 is 10.2 Å². The van der Waals surface area contributed by atoms with E-state index in [1.165, 1.54) is 17.2 Å². The summed E-state index contributed by atoms with van der Waals surface area (Å²) in [6.07, 6.45) is 1.02. The van der Waals surface area contributed by atoms with Crippen LogP contribution in [0.3, 0.4) is 0 Å². The van der Waals surface area contributed by atoms with Crippen LogP contribution in [0.2, 0.25) is 0 Å². The normalized spacial score (nSPS) is 11.6. The van der Waals surface area contributed by atoms with Crippen molar-refractivity contribution in [2.45, 2.75) is 31.3 Å². The molecule has 0 fully saturated rings. The number of benzene rings is 2. The van der Waals surface area contributed by atoms with E-state index in [-0.39, 0.29) is 28.9 Å². The molecule has 0 aliphatic rings. The smallest absolute Gasteiger partial charge is 0.238 e. The second-order valence-electron chi connectivity index (χ2n) is 6.12. The molecule has 6 nitrogen and oxygen atoms in total. The molecule has 0 atom stereocenters. The number of nitrogens with two attached hydrogens (primary N) is 1. The Labute approximate surface area is 178 Å². The van der Waals surface area contributed by atoms with Gasteiger partial charge in [0.2, 0.25) is 10.0 Å². The van der Waals surface area contributed by atoms with Crippen LogP contribution in [-0.2, 0) is 29.5 Å². The average Bonchev–Trinajstić information content (AvgIpc) is 2.62. The molecule has 2 aromatic rings. The summed E-state index contributed by atoms with van der Waals surface area (Å²) in [4.78, 5) is 6.42. The van der Waals surface area contributed by atoms with E-state index < -0.39 is 10.0 Å². The van der Waals surface area contributed by atoms with Crippen LogP contribution in [-0.4, -0.2) is 33.4 Å². The summed E-state index contributed by atoms with van der Waals surface area (Å²) in [6.45, 7) is 3.31. The molecule has 0 heterocycles. The number of halogens is 1. The first-order chi connectivity index (χ1) is 12.3. The Morgan fingerprint density at radius 3 is 2.30 bits per heavy atom. The monoisotopic (exact) mass is 502 g/mol. The lowest BCUT2D eigenvalue weighted by Crippen LogP contribution is -2.38. The second kappa shape index (κ2) is 10.6. The summed E-state index contributed by atoms with van der Waals surface area (Å²) in [6, 6.07) is 15.1. The first-order valence-corrected chi connectivity index (χ1v) is 9.99. The van der Waals surface area contributed by atoms with Gasteiger partial charge in [0.05, 0.1) is 4.90 Å². The van der Waals surface area contributed by atoms with Crippen LogP contribution in [0.5, 0.6) is 0 Å². The Kier molecular flexibility index (Phi) is 9.20. The number of primary sulfonamides is 1. The molecular formula is C19H27IN4O2S. The number of aryl methyl sites for hydroxylation is 1. The fraction of sp³-hybridized carbons (Fsp3) is 0.316. The van der Waals surface area contributed by atoms with Gasteiger partial charge in [-0.25, -0.2) is 13.6 Å². The highest BCUT2D eigenvalue weighted by molar-refractivity contribution is 14.0. The number of rotatable bonds is 6. The maximum Gasteiger partial charge on any atom is 0.238 e. The largest absolute Gasteiger partial charge is 0.352 e. The lowest BCUT2D eigenvalue weighted by molar-refractivity contribution is 0.476. The third kappa shape index (κ3) is 7.11. The molecule has 0 radical (unpaired) electrons. The van der Waals surface area contributed by atoms with Crippen molar-refractivity contribution in [2.75, 3.05) is 14.1 Å². The molecule has 0 aliphatic heterocycles. The van der Waals surface area contributed by atoms with Crippen molar-refractivity contribution in [1.82, 2.24) is 10.2 Å². The van der Waals surface area contributed by atoms with Crippen molar-refractivity contribution >= 4 is 40.0 Å². The quantitative estimate of drug-likeness (QED) is 0.361. The van der Waals surface area contributed by atoms with Crippen LogP contribution in [0.15, 0.2) is 58.4 Å². The van der Waals surface area contributed by atoms with Crippen LogP contribution in [0.1, 0.15) is 23.6 Å². The maximum absolute atomic E-state index is 11.5. The van der Waals surface area contributed by atoms with Crippen molar-refractivity contribution < 1.29 is 8.42 Å². The molecule has 0 saturated heterocycles. The van der Waals surface area contributed by atoms with Gasteiger partial charge in [0, 0.05) is 27.2 Å². The van der Waals surface area contributed by atoms with Crippen LogP contribution in [0.4, 0.5) is 0 Å². The molecular weight excluding hydrogens is 475 g/mol. The zero-order valence-electron chi connectivity index (χ0n) is 15.8. The molecule has 148 valence electrons. The van der Waals surface area contributed by atoms with Crippen LogP contribution >= 0.6 is 24.0 Å². The van der Waals surface area contributed by atoms with Crippen molar-refractivity contribution in [2.24, 2.45) is 10.1 Å². The number of nitrogens with zero attached hydrogens (tertiary/aromatic N) is 2. The molecule has 0 bridgehead atoms. The fourth-order valence-electron chi connectivity index (χ4n) is 2.63. The first-order valence-electron chi connectivity index (χ1n) is 8.45. The van der Waals surface area contributed by atoms with Gasteiger partial charge in [-0.15, -0.1) is 24.0 Å². The van der Waals surface area contributed by atoms with Gasteiger partial charge in [-0.3, -0.25) is 4.99 Å². The number of hydrogen-bond acceptors (Lipinski definition) is 3. The highest BCUT2D eigenvalue weighted by Gasteiger charge is 2.10. The zero-order chi connectivity index (χ0) is 19.2. The molecule has 0 aliphatic carbocycles. The second-order valence-corrected chi connectivity index (χ2v) is 7.68. The molecule has 0 aromatic heterocycles. The third-order valence-electron chi connectivity index (χ3n) is 4.10. The van der Waals surface area contributed by atoms with E-state index in [1.807, 2.05) is 18.0 Å². The number of sulfonamides is 1. The summed E-state index contributed by atoms with van der Waals surface area (Å²) in [5, 5.41) is 8.43. The molecule has 27 heavy (non-hydrogen) atoms. The third-order valence-corrected chi connectivity index (χ3v) is 5.01. The Hall–Kier alpha value is -1.65. The fourth-order valence-corrected chi connectivity index (χ4v) is 3.21. The van der Waals surface area contributed by atoms with Gasteiger partial charge in [-0.05, 0) is 35.2 Å². The van der Waals surface area contributed by atoms with Gasteiger partial charge in [-0.2, -0.15) is 0 Å². The van der Waals surface area contributed by atoms with Crippen LogP contribution < -0.4 is 10.5 Å². The lowest BCUT2D eigenvalue weighted by Gasteiger charge is -2.22. The summed E-state index contributed by atoms with van der Waals surface area (Å²) in [5.41, 5.74) is 3.33. The van der Waals surface area contributed by atoms with E-state index in [4.69, 9.17) is 5.14 Å². The van der Waals surface area contributed by atoms with Gasteiger partial charge in [-0.1, -0.05) is 43.3 Å². The molecule has 0 unspecified atom stereocenters.